The predicted octanol–water partition coefficient (Wildman–Crippen LogP) is 2.28. The Balaban J connectivity index is 2.07. The molecule has 1 aliphatic rings. The number of carbonyl (C=O) groups excluding carboxylic acids is 2. The molecule has 2 aromatic rings. The highest BCUT2D eigenvalue weighted by molar-refractivity contribution is 6.09. The highest BCUT2D eigenvalue weighted by Gasteiger charge is 2.30. The smallest absolute Gasteiger partial charge is 0.284 e. The average molecular weight is 283 g/mol. The van der Waals surface area contributed by atoms with Crippen molar-refractivity contribution in [2.45, 2.75) is 6.42 Å². The molecule has 2 aromatic carbocycles. The van der Waals surface area contributed by atoms with Crippen LogP contribution in [0.1, 0.15) is 15.9 Å². The van der Waals surface area contributed by atoms with Crippen molar-refractivity contribution in [1.29, 1.82) is 0 Å². The summed E-state index contributed by atoms with van der Waals surface area (Å²) in [4.78, 5) is 23.4. The molecule has 0 radical (unpaired) electrons. The van der Waals surface area contributed by atoms with E-state index in [1.54, 1.807) is 19.2 Å². The van der Waals surface area contributed by atoms with Crippen LogP contribution in [0.2, 0.25) is 0 Å². The van der Waals surface area contributed by atoms with Crippen LogP contribution in [0.5, 0.6) is 5.75 Å². The van der Waals surface area contributed by atoms with E-state index in [1.165, 1.54) is 0 Å². The molecule has 1 N–H and O–H groups in total. The van der Waals surface area contributed by atoms with Gasteiger partial charge in [-0.3, -0.25) is 14.8 Å². The number of ether oxygens (including phenoxy) is 1. The van der Waals surface area contributed by atoms with E-state index in [1.807, 2.05) is 30.3 Å². The van der Waals surface area contributed by atoms with Crippen molar-refractivity contribution in [2.75, 3.05) is 7.11 Å². The largest absolute Gasteiger partial charge is 0.497 e. The molecule has 0 aromatic heterocycles. The number of methoxy groups -OCH3 is 1. The topological polar surface area (TPSA) is 66.8 Å². The summed E-state index contributed by atoms with van der Waals surface area (Å²) in [6.45, 7) is 0. The SMILES string of the molecule is COc1cccc(-c2ccc3c(c2)C(=O)N(O)C(=O)C3)c1. The van der Waals surface area contributed by atoms with E-state index in [9.17, 15) is 14.8 Å². The molecular weight excluding hydrogens is 270 g/mol. The van der Waals surface area contributed by atoms with Gasteiger partial charge >= 0.3 is 0 Å². The molecule has 5 heteroatoms. The molecule has 1 aliphatic heterocycles. The van der Waals surface area contributed by atoms with Crippen LogP contribution in [-0.2, 0) is 11.2 Å². The first-order valence-electron chi connectivity index (χ1n) is 6.43. The molecule has 106 valence electrons. The molecule has 0 spiro atoms. The molecule has 21 heavy (non-hydrogen) atoms. The first kappa shape index (κ1) is 13.3. The molecule has 0 saturated heterocycles. The Morgan fingerprint density at radius 3 is 2.62 bits per heavy atom. The molecule has 0 bridgehead atoms. The van der Waals surface area contributed by atoms with Gasteiger partial charge in [0.2, 0.25) is 0 Å². The number of rotatable bonds is 2. The zero-order valence-corrected chi connectivity index (χ0v) is 11.4. The maximum Gasteiger partial charge on any atom is 0.284 e. The van der Waals surface area contributed by atoms with Gasteiger partial charge in [-0.1, -0.05) is 24.3 Å². The van der Waals surface area contributed by atoms with Gasteiger partial charge in [0.25, 0.3) is 11.8 Å². The van der Waals surface area contributed by atoms with Crippen LogP contribution in [0, 0.1) is 0 Å². The van der Waals surface area contributed by atoms with Gasteiger partial charge in [-0.05, 0) is 34.9 Å². The predicted molar refractivity (Wildman–Crippen MR) is 75.1 cm³/mol. The van der Waals surface area contributed by atoms with Crippen LogP contribution >= 0.6 is 0 Å². The summed E-state index contributed by atoms with van der Waals surface area (Å²) < 4.78 is 5.18. The van der Waals surface area contributed by atoms with Gasteiger partial charge in [-0.25, -0.2) is 0 Å². The van der Waals surface area contributed by atoms with Gasteiger partial charge < -0.3 is 4.74 Å². The van der Waals surface area contributed by atoms with E-state index >= 15 is 0 Å². The minimum atomic E-state index is -0.689. The second-order valence-electron chi connectivity index (χ2n) is 4.79. The fourth-order valence-corrected chi connectivity index (χ4v) is 2.38. The Morgan fingerprint density at radius 2 is 1.86 bits per heavy atom. The first-order valence-corrected chi connectivity index (χ1v) is 6.43. The minimum absolute atomic E-state index is 0.0238. The zero-order chi connectivity index (χ0) is 15.0. The average Bonchev–Trinajstić information content (AvgIpc) is 2.52. The summed E-state index contributed by atoms with van der Waals surface area (Å²) in [6.07, 6.45) is 0.0238. The lowest BCUT2D eigenvalue weighted by atomic mass is 9.94. The second kappa shape index (κ2) is 5.03. The summed E-state index contributed by atoms with van der Waals surface area (Å²) >= 11 is 0. The lowest BCUT2D eigenvalue weighted by Gasteiger charge is -2.21. The fourth-order valence-electron chi connectivity index (χ4n) is 2.38. The quantitative estimate of drug-likeness (QED) is 0.678. The molecule has 0 atom stereocenters. The van der Waals surface area contributed by atoms with E-state index in [0.29, 0.717) is 11.1 Å². The van der Waals surface area contributed by atoms with Crippen molar-refractivity contribution in [3.05, 3.63) is 53.6 Å². The van der Waals surface area contributed by atoms with Crippen molar-refractivity contribution in [1.82, 2.24) is 5.06 Å². The van der Waals surface area contributed by atoms with Gasteiger partial charge in [0.05, 0.1) is 13.5 Å². The summed E-state index contributed by atoms with van der Waals surface area (Å²) in [5.41, 5.74) is 2.69. The second-order valence-corrected chi connectivity index (χ2v) is 4.79. The van der Waals surface area contributed by atoms with Gasteiger partial charge in [-0.2, -0.15) is 5.06 Å². The highest BCUT2D eigenvalue weighted by Crippen LogP contribution is 2.28. The third-order valence-electron chi connectivity index (χ3n) is 3.51. The number of hydroxylamine groups is 2. The summed E-state index contributed by atoms with van der Waals surface area (Å²) in [5, 5.41) is 9.63. The van der Waals surface area contributed by atoms with E-state index in [2.05, 4.69) is 0 Å². The summed E-state index contributed by atoms with van der Waals surface area (Å²) in [6, 6.07) is 12.7. The van der Waals surface area contributed by atoms with Crippen molar-refractivity contribution in [2.24, 2.45) is 0 Å². The zero-order valence-electron chi connectivity index (χ0n) is 11.4. The summed E-state index contributed by atoms with van der Waals surface area (Å²) in [5.74, 6) is -0.580. The molecule has 5 nitrogen and oxygen atoms in total. The van der Waals surface area contributed by atoms with Crippen LogP contribution in [0.25, 0.3) is 11.1 Å². The van der Waals surface area contributed by atoms with E-state index in [4.69, 9.17) is 4.74 Å². The van der Waals surface area contributed by atoms with Gasteiger partial charge in [0.15, 0.2) is 0 Å². The standard InChI is InChI=1S/C16H13NO4/c1-21-13-4-2-3-10(7-13)11-5-6-12-9-15(18)17(20)16(19)14(12)8-11/h2-8,20H,9H2,1H3. The van der Waals surface area contributed by atoms with Crippen LogP contribution < -0.4 is 4.74 Å². The fraction of sp³-hybridized carbons (Fsp3) is 0.125. The maximum absolute atomic E-state index is 12.0. The Bertz CT molecular complexity index is 739. The third-order valence-corrected chi connectivity index (χ3v) is 3.51. The van der Waals surface area contributed by atoms with Crippen LogP contribution in [0.3, 0.4) is 0 Å². The van der Waals surface area contributed by atoms with E-state index in [-0.39, 0.29) is 11.5 Å². The number of fused-ring (bicyclic) bond motifs is 1. The number of imide groups is 1. The van der Waals surface area contributed by atoms with Crippen LogP contribution in [0.4, 0.5) is 0 Å². The normalized spacial score (nSPS) is 14.1. The number of benzene rings is 2. The molecule has 0 saturated carbocycles. The Hall–Kier alpha value is -2.66. The monoisotopic (exact) mass is 283 g/mol. The number of hydrogen-bond donors (Lipinski definition) is 1. The van der Waals surface area contributed by atoms with Gasteiger partial charge in [0, 0.05) is 5.56 Å². The number of nitrogens with zero attached hydrogens (tertiary/aromatic N) is 1. The highest BCUT2D eigenvalue weighted by atomic mass is 16.5. The van der Waals surface area contributed by atoms with Crippen molar-refractivity contribution < 1.29 is 19.5 Å². The maximum atomic E-state index is 12.0. The molecule has 0 unspecified atom stereocenters. The van der Waals surface area contributed by atoms with Crippen LogP contribution in [-0.4, -0.2) is 29.2 Å². The number of hydrogen-bond acceptors (Lipinski definition) is 4. The molecule has 3 rings (SSSR count). The van der Waals surface area contributed by atoms with Gasteiger partial charge in [-0.15, -0.1) is 0 Å². The number of carbonyl (C=O) groups is 2. The van der Waals surface area contributed by atoms with Gasteiger partial charge in [0.1, 0.15) is 5.75 Å². The van der Waals surface area contributed by atoms with Crippen molar-refractivity contribution in [3.63, 3.8) is 0 Å². The number of amides is 2. The lowest BCUT2D eigenvalue weighted by molar-refractivity contribution is -0.153. The van der Waals surface area contributed by atoms with Crippen molar-refractivity contribution in [3.8, 4) is 16.9 Å². The Labute approximate surface area is 121 Å². The van der Waals surface area contributed by atoms with E-state index < -0.39 is 11.8 Å². The summed E-state index contributed by atoms with van der Waals surface area (Å²) in [7, 11) is 1.59. The molecule has 1 heterocycles. The Kier molecular flexibility index (Phi) is 3.19. The first-order chi connectivity index (χ1) is 10.1. The van der Waals surface area contributed by atoms with Crippen molar-refractivity contribution >= 4 is 11.8 Å². The molecule has 0 aliphatic carbocycles. The lowest BCUT2D eigenvalue weighted by Crippen LogP contribution is -2.39. The minimum Gasteiger partial charge on any atom is -0.497 e. The third kappa shape index (κ3) is 2.28. The van der Waals surface area contributed by atoms with Crippen LogP contribution in [0.15, 0.2) is 42.5 Å². The molecule has 0 fully saturated rings. The Morgan fingerprint density at radius 1 is 1.10 bits per heavy atom. The van der Waals surface area contributed by atoms with E-state index in [0.717, 1.165) is 16.9 Å². The molecule has 2 amide bonds. The molecular formula is C16H13NO4.